The molecule has 9 nitrogen and oxygen atoms in total. The van der Waals surface area contributed by atoms with Gasteiger partial charge in [0.1, 0.15) is 11.5 Å². The van der Waals surface area contributed by atoms with Crippen molar-refractivity contribution in [2.24, 2.45) is 0 Å². The Morgan fingerprint density at radius 2 is 1.83 bits per heavy atom. The Morgan fingerprint density at radius 1 is 1.00 bits per heavy atom. The van der Waals surface area contributed by atoms with Crippen molar-refractivity contribution in [1.82, 2.24) is 24.3 Å². The van der Waals surface area contributed by atoms with Crippen molar-refractivity contribution < 1.29 is 22.7 Å². The van der Waals surface area contributed by atoms with Crippen LogP contribution in [0.2, 0.25) is 0 Å². The highest BCUT2D eigenvalue weighted by molar-refractivity contribution is 5.86. The first kappa shape index (κ1) is 27.3. The van der Waals surface area contributed by atoms with E-state index in [0.29, 0.717) is 35.5 Å². The molecule has 2 aliphatic heterocycles. The number of piperazine rings is 1. The van der Waals surface area contributed by atoms with Crippen molar-refractivity contribution in [3.63, 3.8) is 0 Å². The lowest BCUT2D eigenvalue weighted by Crippen LogP contribution is -2.44. The third-order valence-corrected chi connectivity index (χ3v) is 7.61. The number of hydrogen-bond acceptors (Lipinski definition) is 8. The van der Waals surface area contributed by atoms with Crippen LogP contribution in [-0.4, -0.2) is 64.7 Å². The van der Waals surface area contributed by atoms with Crippen molar-refractivity contribution >= 4 is 28.5 Å². The fourth-order valence-corrected chi connectivity index (χ4v) is 5.54. The summed E-state index contributed by atoms with van der Waals surface area (Å²) in [5.41, 5.74) is 5.39. The molecule has 1 saturated heterocycles. The minimum Gasteiger partial charge on any atom is -0.457 e. The Bertz CT molecular complexity index is 1550. The Labute approximate surface area is 235 Å². The monoisotopic (exact) mass is 567 g/mol. The van der Waals surface area contributed by atoms with Crippen LogP contribution in [0, 0.1) is 0 Å². The molecule has 6 rings (SSSR count). The number of imidazole rings is 1. The number of ether oxygens (including phenoxy) is 1. The van der Waals surface area contributed by atoms with E-state index >= 15 is 0 Å². The predicted molar refractivity (Wildman–Crippen MR) is 150 cm³/mol. The summed E-state index contributed by atoms with van der Waals surface area (Å²) in [4.78, 5) is 18.1. The third-order valence-electron chi connectivity index (χ3n) is 7.61. The summed E-state index contributed by atoms with van der Waals surface area (Å²) >= 11 is 0. The molecule has 216 valence electrons. The molecule has 41 heavy (non-hydrogen) atoms. The summed E-state index contributed by atoms with van der Waals surface area (Å²) in [7, 11) is 3.53. The number of hydrogen-bond donors (Lipinski definition) is 2. The molecular weight excluding hydrogens is 535 g/mol. The van der Waals surface area contributed by atoms with Gasteiger partial charge in [-0.15, -0.1) is 0 Å². The SMILES string of the molecule is CONc1cc(Oc2ccc3nc(Nc4ccc(CN5CCN(C)CC5)c(C(F)(F)F)c4)n4c3c2CCC4)ccn1. The first-order chi connectivity index (χ1) is 19.8. The highest BCUT2D eigenvalue weighted by Gasteiger charge is 2.34. The number of aryl methyl sites for hydroxylation is 2. The summed E-state index contributed by atoms with van der Waals surface area (Å²) in [6.07, 6.45) is -1.20. The first-order valence-corrected chi connectivity index (χ1v) is 13.6. The standard InChI is InChI=1S/C29H32F3N7O2/c1-37-12-14-38(15-13-37)18-19-5-6-20(16-23(19)29(30,31)32)34-28-35-24-7-8-25(22-4-3-11-39(28)27(22)24)41-21-9-10-33-26(17-21)36-40-2/h5-10,16-17H,3-4,11-15,18H2,1-2H3,(H,33,36)(H,34,35). The molecule has 4 heterocycles. The van der Waals surface area contributed by atoms with Gasteiger partial charge in [-0.05, 0) is 55.8 Å². The molecule has 2 N–H and O–H groups in total. The summed E-state index contributed by atoms with van der Waals surface area (Å²) in [6, 6.07) is 11.7. The number of pyridine rings is 1. The van der Waals surface area contributed by atoms with E-state index in [1.165, 1.54) is 13.2 Å². The molecule has 0 amide bonds. The number of alkyl halides is 3. The molecule has 0 radical (unpaired) electrons. The minimum atomic E-state index is -4.46. The fraction of sp³-hybridized carbons (Fsp3) is 0.379. The number of nitrogens with zero attached hydrogens (tertiary/aromatic N) is 5. The van der Waals surface area contributed by atoms with Gasteiger partial charge in [-0.1, -0.05) is 6.07 Å². The van der Waals surface area contributed by atoms with Gasteiger partial charge in [-0.2, -0.15) is 13.2 Å². The number of aromatic nitrogens is 3. The van der Waals surface area contributed by atoms with Crippen LogP contribution >= 0.6 is 0 Å². The van der Waals surface area contributed by atoms with Gasteiger partial charge in [0.15, 0.2) is 5.82 Å². The van der Waals surface area contributed by atoms with E-state index in [0.717, 1.165) is 55.6 Å². The lowest BCUT2D eigenvalue weighted by molar-refractivity contribution is -0.138. The zero-order valence-corrected chi connectivity index (χ0v) is 23.0. The van der Waals surface area contributed by atoms with Crippen LogP contribution in [-0.2, 0) is 30.5 Å². The maximum Gasteiger partial charge on any atom is 0.416 e. The molecule has 2 aromatic heterocycles. The molecule has 0 unspecified atom stereocenters. The van der Waals surface area contributed by atoms with Gasteiger partial charge in [-0.25, -0.2) is 15.4 Å². The molecule has 0 atom stereocenters. The zero-order valence-electron chi connectivity index (χ0n) is 23.0. The average molecular weight is 568 g/mol. The van der Waals surface area contributed by atoms with Gasteiger partial charge in [0.2, 0.25) is 5.95 Å². The van der Waals surface area contributed by atoms with Crippen molar-refractivity contribution in [3.05, 3.63) is 65.4 Å². The van der Waals surface area contributed by atoms with E-state index in [-0.39, 0.29) is 12.1 Å². The number of halogens is 3. The summed E-state index contributed by atoms with van der Waals surface area (Å²) < 4.78 is 50.7. The maximum absolute atomic E-state index is 14.1. The molecule has 12 heteroatoms. The van der Waals surface area contributed by atoms with E-state index in [1.54, 1.807) is 30.5 Å². The third kappa shape index (κ3) is 5.81. The normalized spacial score (nSPS) is 16.2. The molecule has 0 aliphatic carbocycles. The topological polar surface area (TPSA) is 79.7 Å². The second-order valence-electron chi connectivity index (χ2n) is 10.5. The van der Waals surface area contributed by atoms with Gasteiger partial charge in [0.25, 0.3) is 0 Å². The summed E-state index contributed by atoms with van der Waals surface area (Å²) in [5, 5.41) is 3.17. The van der Waals surface area contributed by atoms with Gasteiger partial charge in [0, 0.05) is 62.8 Å². The lowest BCUT2D eigenvalue weighted by atomic mass is 10.0. The zero-order chi connectivity index (χ0) is 28.6. The minimum absolute atomic E-state index is 0.272. The fourth-order valence-electron chi connectivity index (χ4n) is 5.54. The molecule has 0 spiro atoms. The van der Waals surface area contributed by atoms with Crippen LogP contribution in [0.1, 0.15) is 23.1 Å². The van der Waals surface area contributed by atoms with Crippen LogP contribution in [0.5, 0.6) is 11.5 Å². The van der Waals surface area contributed by atoms with E-state index < -0.39 is 11.7 Å². The quantitative estimate of drug-likeness (QED) is 0.265. The molecule has 4 aromatic rings. The summed E-state index contributed by atoms with van der Waals surface area (Å²) in [6.45, 7) is 4.16. The van der Waals surface area contributed by atoms with E-state index in [4.69, 9.17) is 14.6 Å². The Morgan fingerprint density at radius 3 is 2.61 bits per heavy atom. The number of nitrogens with one attached hydrogen (secondary N) is 2. The molecule has 0 saturated carbocycles. The van der Waals surface area contributed by atoms with E-state index in [2.05, 4.69) is 25.6 Å². The smallest absolute Gasteiger partial charge is 0.416 e. The van der Waals surface area contributed by atoms with Crippen LogP contribution < -0.4 is 15.5 Å². The highest BCUT2D eigenvalue weighted by atomic mass is 19.4. The van der Waals surface area contributed by atoms with Crippen LogP contribution in [0.3, 0.4) is 0 Å². The maximum atomic E-state index is 14.1. The van der Waals surface area contributed by atoms with Crippen LogP contribution in [0.25, 0.3) is 11.0 Å². The van der Waals surface area contributed by atoms with Crippen molar-refractivity contribution in [2.75, 3.05) is 51.1 Å². The Kier molecular flexibility index (Phi) is 7.45. The van der Waals surface area contributed by atoms with E-state index in [9.17, 15) is 13.2 Å². The number of benzene rings is 2. The largest absolute Gasteiger partial charge is 0.457 e. The molecular formula is C29H32F3N7O2. The van der Waals surface area contributed by atoms with Crippen LogP contribution in [0.15, 0.2) is 48.7 Å². The molecule has 2 aliphatic rings. The van der Waals surface area contributed by atoms with E-state index in [1.807, 2.05) is 23.7 Å². The Hall–Kier alpha value is -3.87. The predicted octanol–water partition coefficient (Wildman–Crippen LogP) is 5.65. The highest BCUT2D eigenvalue weighted by Crippen LogP contribution is 2.39. The summed E-state index contributed by atoms with van der Waals surface area (Å²) in [5.74, 6) is 2.33. The number of anilines is 3. The number of rotatable bonds is 8. The molecule has 0 bridgehead atoms. The molecule has 1 fully saturated rings. The van der Waals surface area contributed by atoms with Gasteiger partial charge < -0.3 is 19.5 Å². The first-order valence-electron chi connectivity index (χ1n) is 13.6. The van der Waals surface area contributed by atoms with Gasteiger partial charge in [0.05, 0.1) is 23.7 Å². The lowest BCUT2D eigenvalue weighted by Gasteiger charge is -2.33. The second kappa shape index (κ2) is 11.2. The Balaban J connectivity index is 1.28. The van der Waals surface area contributed by atoms with Crippen molar-refractivity contribution in [1.29, 1.82) is 0 Å². The van der Waals surface area contributed by atoms with Gasteiger partial charge >= 0.3 is 6.18 Å². The van der Waals surface area contributed by atoms with Gasteiger partial charge in [-0.3, -0.25) is 9.74 Å². The second-order valence-corrected chi connectivity index (χ2v) is 10.5. The number of likely N-dealkylation sites (N-methyl/N-ethyl adjacent to an activating group) is 1. The van der Waals surface area contributed by atoms with Crippen molar-refractivity contribution in [2.45, 2.75) is 32.1 Å². The molecule has 2 aromatic carbocycles. The average Bonchev–Trinajstić information content (AvgIpc) is 3.30. The van der Waals surface area contributed by atoms with Crippen molar-refractivity contribution in [3.8, 4) is 11.5 Å². The van der Waals surface area contributed by atoms with Crippen LogP contribution in [0.4, 0.5) is 30.6 Å².